The molecule has 27 heavy (non-hydrogen) atoms. The number of carbonyl (C=O) groups excluding carboxylic acids is 2. The smallest absolute Gasteiger partial charge is 0.275 e. The predicted octanol–water partition coefficient (Wildman–Crippen LogP) is -1.64. The van der Waals surface area contributed by atoms with Crippen LogP contribution in [-0.2, 0) is 25.4 Å². The van der Waals surface area contributed by atoms with Crippen molar-refractivity contribution in [3.05, 3.63) is 35.9 Å². The van der Waals surface area contributed by atoms with Crippen molar-refractivity contribution in [1.82, 2.24) is 14.9 Å². The molecule has 0 aliphatic carbocycles. The summed E-state index contributed by atoms with van der Waals surface area (Å²) >= 11 is 0. The maximum absolute atomic E-state index is 12.5. The minimum Gasteiger partial charge on any atom is -0.355 e. The molecule has 0 radical (unpaired) electrons. The zero-order valence-electron chi connectivity index (χ0n) is 15.7. The molecule has 2 rings (SSSR count). The molecule has 1 heterocycles. The minimum absolute atomic E-state index is 0.00344. The molecule has 1 aliphatic rings. The van der Waals surface area contributed by atoms with E-state index in [-0.39, 0.29) is 30.7 Å². The number of quaternary nitrogens is 1. The lowest BCUT2D eigenvalue weighted by Gasteiger charge is -2.31. The standard InChI is InChI=1S/C18H28N4O4S/c1-2-8-19-17(23)13-20-18(24)14-21-9-11-22(12-10-21)27(25,26)15-16-6-4-3-5-7-16/h3-7H,2,8-15H2,1H3,(H,19,23)(H,20,24)/p+1. The highest BCUT2D eigenvalue weighted by Gasteiger charge is 2.29. The van der Waals surface area contributed by atoms with E-state index in [9.17, 15) is 18.0 Å². The summed E-state index contributed by atoms with van der Waals surface area (Å²) in [6.45, 7) is 4.72. The lowest BCUT2D eigenvalue weighted by atomic mass is 10.2. The zero-order valence-corrected chi connectivity index (χ0v) is 16.6. The minimum atomic E-state index is -3.35. The second-order valence-corrected chi connectivity index (χ2v) is 8.66. The summed E-state index contributed by atoms with van der Waals surface area (Å²) in [5, 5.41) is 5.31. The number of carbonyl (C=O) groups is 2. The van der Waals surface area contributed by atoms with Crippen molar-refractivity contribution in [2.75, 3.05) is 45.8 Å². The van der Waals surface area contributed by atoms with Gasteiger partial charge in [-0.3, -0.25) is 9.59 Å². The third kappa shape index (κ3) is 7.28. The van der Waals surface area contributed by atoms with Crippen LogP contribution in [0.25, 0.3) is 0 Å². The van der Waals surface area contributed by atoms with Gasteiger partial charge in [0.2, 0.25) is 15.9 Å². The summed E-state index contributed by atoms with van der Waals surface area (Å²) in [4.78, 5) is 24.5. The Hall–Kier alpha value is -1.97. The number of nitrogens with one attached hydrogen (secondary N) is 3. The summed E-state index contributed by atoms with van der Waals surface area (Å²) in [5.41, 5.74) is 0.771. The van der Waals surface area contributed by atoms with Gasteiger partial charge in [0, 0.05) is 6.54 Å². The largest absolute Gasteiger partial charge is 0.355 e. The summed E-state index contributed by atoms with van der Waals surface area (Å²) < 4.78 is 26.6. The van der Waals surface area contributed by atoms with Gasteiger partial charge in [-0.05, 0) is 12.0 Å². The Morgan fingerprint density at radius 2 is 1.74 bits per heavy atom. The fourth-order valence-corrected chi connectivity index (χ4v) is 4.46. The molecule has 0 aromatic heterocycles. The first-order chi connectivity index (χ1) is 12.9. The van der Waals surface area contributed by atoms with Gasteiger partial charge >= 0.3 is 0 Å². The second-order valence-electron chi connectivity index (χ2n) is 6.69. The monoisotopic (exact) mass is 397 g/mol. The summed E-state index contributed by atoms with van der Waals surface area (Å²) in [5.74, 6) is -0.398. The highest BCUT2D eigenvalue weighted by atomic mass is 32.2. The van der Waals surface area contributed by atoms with E-state index in [1.54, 1.807) is 12.1 Å². The number of nitrogens with zero attached hydrogens (tertiary/aromatic N) is 1. The zero-order chi connectivity index (χ0) is 19.7. The van der Waals surface area contributed by atoms with Crippen LogP contribution < -0.4 is 15.5 Å². The van der Waals surface area contributed by atoms with Crippen molar-refractivity contribution in [3.8, 4) is 0 Å². The Balaban J connectivity index is 1.73. The highest BCUT2D eigenvalue weighted by Crippen LogP contribution is 2.10. The molecule has 1 fully saturated rings. The van der Waals surface area contributed by atoms with Gasteiger partial charge in [-0.1, -0.05) is 37.3 Å². The average Bonchev–Trinajstić information content (AvgIpc) is 2.65. The number of hydrogen-bond donors (Lipinski definition) is 3. The number of piperazine rings is 1. The molecule has 0 unspecified atom stereocenters. The molecule has 1 aromatic carbocycles. The van der Waals surface area contributed by atoms with Crippen LogP contribution in [0.5, 0.6) is 0 Å². The van der Waals surface area contributed by atoms with Gasteiger partial charge in [0.15, 0.2) is 6.54 Å². The van der Waals surface area contributed by atoms with Crippen molar-refractivity contribution in [3.63, 3.8) is 0 Å². The molecule has 0 saturated carbocycles. The molecule has 1 saturated heterocycles. The molecule has 8 nitrogen and oxygen atoms in total. The van der Waals surface area contributed by atoms with Crippen LogP contribution in [0.2, 0.25) is 0 Å². The van der Waals surface area contributed by atoms with E-state index in [0.29, 0.717) is 32.7 Å². The molecule has 9 heteroatoms. The van der Waals surface area contributed by atoms with Gasteiger partial charge in [0.05, 0.1) is 38.5 Å². The second kappa shape index (κ2) is 10.4. The van der Waals surface area contributed by atoms with E-state index >= 15 is 0 Å². The first-order valence-corrected chi connectivity index (χ1v) is 10.9. The Morgan fingerprint density at radius 3 is 2.37 bits per heavy atom. The molecular formula is C18H29N4O4S+. The maximum atomic E-state index is 12.5. The maximum Gasteiger partial charge on any atom is 0.275 e. The molecule has 0 atom stereocenters. The van der Waals surface area contributed by atoms with Crippen LogP contribution in [0, 0.1) is 0 Å². The Kier molecular flexibility index (Phi) is 8.21. The average molecular weight is 398 g/mol. The Bertz CT molecular complexity index is 716. The lowest BCUT2D eigenvalue weighted by molar-refractivity contribution is -0.895. The van der Waals surface area contributed by atoms with Crippen molar-refractivity contribution in [2.24, 2.45) is 0 Å². The predicted molar refractivity (Wildman–Crippen MR) is 103 cm³/mol. The van der Waals surface area contributed by atoms with Gasteiger partial charge in [-0.2, -0.15) is 4.31 Å². The molecule has 150 valence electrons. The molecule has 3 N–H and O–H groups in total. The summed E-state index contributed by atoms with van der Waals surface area (Å²) in [7, 11) is -3.35. The Labute approximate surface area is 161 Å². The molecule has 1 aromatic rings. The number of hydrogen-bond acceptors (Lipinski definition) is 4. The highest BCUT2D eigenvalue weighted by molar-refractivity contribution is 7.88. The molecule has 2 amide bonds. The topological polar surface area (TPSA) is 100 Å². The van der Waals surface area contributed by atoms with Gasteiger partial charge in [-0.25, -0.2) is 8.42 Å². The van der Waals surface area contributed by atoms with E-state index in [2.05, 4.69) is 10.6 Å². The fraction of sp³-hybridized carbons (Fsp3) is 0.556. The summed E-state index contributed by atoms with van der Waals surface area (Å²) in [6.07, 6.45) is 0.849. The van der Waals surface area contributed by atoms with Crippen LogP contribution in [-0.4, -0.2) is 70.4 Å². The number of rotatable bonds is 9. The number of benzene rings is 1. The summed E-state index contributed by atoms with van der Waals surface area (Å²) in [6, 6.07) is 9.12. The van der Waals surface area contributed by atoms with Crippen molar-refractivity contribution >= 4 is 21.8 Å². The normalized spacial score (nSPS) is 16.0. The molecule has 0 bridgehead atoms. The van der Waals surface area contributed by atoms with E-state index in [1.807, 2.05) is 25.1 Å². The molecule has 0 spiro atoms. The number of amides is 2. The lowest BCUT2D eigenvalue weighted by Crippen LogP contribution is -3.15. The van der Waals surface area contributed by atoms with Crippen molar-refractivity contribution in [2.45, 2.75) is 19.1 Å². The van der Waals surface area contributed by atoms with Crippen LogP contribution >= 0.6 is 0 Å². The van der Waals surface area contributed by atoms with Gasteiger partial charge < -0.3 is 15.5 Å². The van der Waals surface area contributed by atoms with Crippen LogP contribution in [0.3, 0.4) is 0 Å². The van der Waals surface area contributed by atoms with E-state index < -0.39 is 10.0 Å². The first-order valence-electron chi connectivity index (χ1n) is 9.29. The Morgan fingerprint density at radius 1 is 1.07 bits per heavy atom. The fourth-order valence-electron chi connectivity index (χ4n) is 2.93. The van der Waals surface area contributed by atoms with Gasteiger partial charge in [0.25, 0.3) is 5.91 Å². The van der Waals surface area contributed by atoms with Gasteiger partial charge in [0.1, 0.15) is 0 Å². The third-order valence-corrected chi connectivity index (χ3v) is 6.29. The van der Waals surface area contributed by atoms with Crippen molar-refractivity contribution in [1.29, 1.82) is 0 Å². The SMILES string of the molecule is CCCNC(=O)CNC(=O)C[NH+]1CCN(S(=O)(=O)Cc2ccccc2)CC1. The van der Waals surface area contributed by atoms with Crippen LogP contribution in [0.4, 0.5) is 0 Å². The van der Waals surface area contributed by atoms with Crippen molar-refractivity contribution < 1.29 is 22.9 Å². The first kappa shape index (κ1) is 21.3. The third-order valence-electron chi connectivity index (χ3n) is 4.44. The van der Waals surface area contributed by atoms with Crippen LogP contribution in [0.15, 0.2) is 30.3 Å². The molecule has 1 aliphatic heterocycles. The number of sulfonamides is 1. The van der Waals surface area contributed by atoms with E-state index in [4.69, 9.17) is 0 Å². The van der Waals surface area contributed by atoms with E-state index in [0.717, 1.165) is 16.9 Å². The van der Waals surface area contributed by atoms with Gasteiger partial charge in [-0.15, -0.1) is 0 Å². The van der Waals surface area contributed by atoms with Crippen LogP contribution in [0.1, 0.15) is 18.9 Å². The quantitative estimate of drug-likeness (QED) is 0.465. The molecular weight excluding hydrogens is 368 g/mol. The van der Waals surface area contributed by atoms with E-state index in [1.165, 1.54) is 4.31 Å².